The lowest BCUT2D eigenvalue weighted by Crippen LogP contribution is -2.26. The number of anilines is 1. The average Bonchev–Trinajstić information content (AvgIpc) is 3.34. The largest absolute Gasteiger partial charge is 0.493 e. The number of benzene rings is 2. The monoisotopic (exact) mass is 641 g/mol. The highest BCUT2D eigenvalue weighted by molar-refractivity contribution is 5.84. The van der Waals surface area contributed by atoms with Crippen molar-refractivity contribution in [2.24, 2.45) is 0 Å². The van der Waals surface area contributed by atoms with Crippen molar-refractivity contribution in [3.8, 4) is 28.4 Å². The lowest BCUT2D eigenvalue weighted by atomic mass is 9.95. The molecule has 4 aromatic rings. The number of carbonyl (C=O) groups excluding carboxylic acids is 2. The minimum atomic E-state index is -0.366. The molecule has 11 heteroatoms. The standard InChI is InChI=1S/C36H43N5O6/c1-22(42)39-26-15-13-23-20-31(45-2)35(46-3)36(47-4)34(23)24-14-16-29(30(43)21-25(24)26)37-18-9-5-6-12-33(44)38-19-17-32-40-27-10-7-8-11-28(27)41-32/h7-8,10-11,14,16,20-21,26H,5-6,9,12-13,15,17-19H2,1-4H3,(H,37,43)(H,38,44)(H,39,42)(H,40,41). The molecule has 1 atom stereocenters. The quantitative estimate of drug-likeness (QED) is 0.140. The number of aromatic nitrogens is 2. The first-order valence-electron chi connectivity index (χ1n) is 16.0. The Hall–Kier alpha value is -5.06. The van der Waals surface area contributed by atoms with Gasteiger partial charge in [-0.15, -0.1) is 0 Å². The summed E-state index contributed by atoms with van der Waals surface area (Å²) in [6, 6.07) is 14.7. The van der Waals surface area contributed by atoms with Crippen molar-refractivity contribution in [2.45, 2.75) is 57.9 Å². The first-order chi connectivity index (χ1) is 22.8. The number of para-hydroxylation sites is 2. The van der Waals surface area contributed by atoms with E-state index in [0.29, 0.717) is 67.3 Å². The molecule has 5 rings (SSSR count). The van der Waals surface area contributed by atoms with Gasteiger partial charge in [0.25, 0.3) is 0 Å². The zero-order valence-corrected chi connectivity index (χ0v) is 27.5. The number of fused-ring (bicyclic) bond motifs is 4. The molecule has 1 heterocycles. The van der Waals surface area contributed by atoms with Gasteiger partial charge in [0.1, 0.15) is 5.82 Å². The molecule has 0 bridgehead atoms. The van der Waals surface area contributed by atoms with Crippen LogP contribution in [-0.2, 0) is 22.4 Å². The number of nitrogens with zero attached hydrogens (tertiary/aromatic N) is 1. The van der Waals surface area contributed by atoms with Crippen LogP contribution in [0.1, 0.15) is 62.0 Å². The molecule has 1 unspecified atom stereocenters. The fourth-order valence-corrected chi connectivity index (χ4v) is 6.20. The molecule has 0 fully saturated rings. The number of imidazole rings is 1. The molecule has 0 saturated carbocycles. The van der Waals surface area contributed by atoms with Gasteiger partial charge in [-0.05, 0) is 72.7 Å². The summed E-state index contributed by atoms with van der Waals surface area (Å²) >= 11 is 0. The number of unbranched alkanes of at least 4 members (excludes halogenated alkanes) is 2. The van der Waals surface area contributed by atoms with Crippen molar-refractivity contribution in [2.75, 3.05) is 39.7 Å². The van der Waals surface area contributed by atoms with Crippen molar-refractivity contribution in [3.05, 3.63) is 75.7 Å². The van der Waals surface area contributed by atoms with Crippen LogP contribution in [0.4, 0.5) is 5.69 Å². The van der Waals surface area contributed by atoms with Gasteiger partial charge in [-0.25, -0.2) is 4.98 Å². The molecule has 0 aliphatic heterocycles. The van der Waals surface area contributed by atoms with Crippen LogP contribution >= 0.6 is 0 Å². The number of hydrogen-bond donors (Lipinski definition) is 4. The van der Waals surface area contributed by atoms with E-state index in [2.05, 4.69) is 25.9 Å². The van der Waals surface area contributed by atoms with Gasteiger partial charge in [-0.3, -0.25) is 14.4 Å². The average molecular weight is 642 g/mol. The highest BCUT2D eigenvalue weighted by atomic mass is 16.5. The van der Waals surface area contributed by atoms with Crippen molar-refractivity contribution < 1.29 is 23.8 Å². The van der Waals surface area contributed by atoms with Gasteiger partial charge in [0.2, 0.25) is 23.0 Å². The van der Waals surface area contributed by atoms with E-state index >= 15 is 0 Å². The Morgan fingerprint density at radius 1 is 0.957 bits per heavy atom. The Morgan fingerprint density at radius 3 is 2.51 bits per heavy atom. The Morgan fingerprint density at radius 2 is 1.77 bits per heavy atom. The molecule has 4 N–H and O–H groups in total. The smallest absolute Gasteiger partial charge is 0.220 e. The molecule has 0 radical (unpaired) electrons. The van der Waals surface area contributed by atoms with E-state index in [9.17, 15) is 14.4 Å². The van der Waals surface area contributed by atoms with Gasteiger partial charge in [-0.2, -0.15) is 0 Å². The molecular weight excluding hydrogens is 598 g/mol. The van der Waals surface area contributed by atoms with Gasteiger partial charge in [0.15, 0.2) is 11.5 Å². The van der Waals surface area contributed by atoms with Crippen LogP contribution in [0.3, 0.4) is 0 Å². The number of aryl methyl sites for hydroxylation is 1. The molecule has 11 nitrogen and oxygen atoms in total. The molecule has 0 saturated heterocycles. The predicted octanol–water partition coefficient (Wildman–Crippen LogP) is 5.07. The lowest BCUT2D eigenvalue weighted by Gasteiger charge is -2.19. The van der Waals surface area contributed by atoms with E-state index in [1.54, 1.807) is 33.5 Å². The summed E-state index contributed by atoms with van der Waals surface area (Å²) in [6.45, 7) is 2.59. The van der Waals surface area contributed by atoms with Gasteiger partial charge in [0, 0.05) is 38.4 Å². The summed E-state index contributed by atoms with van der Waals surface area (Å²) in [5, 5.41) is 9.29. The third-order valence-corrected chi connectivity index (χ3v) is 8.43. The molecule has 1 aliphatic carbocycles. The summed E-state index contributed by atoms with van der Waals surface area (Å²) in [7, 11) is 4.72. The van der Waals surface area contributed by atoms with Gasteiger partial charge in [-0.1, -0.05) is 24.6 Å². The minimum absolute atomic E-state index is 0.0196. The molecule has 2 amide bonds. The van der Waals surface area contributed by atoms with E-state index in [1.807, 2.05) is 36.4 Å². The van der Waals surface area contributed by atoms with Crippen molar-refractivity contribution in [1.29, 1.82) is 0 Å². The van der Waals surface area contributed by atoms with Gasteiger partial charge < -0.3 is 35.1 Å². The van der Waals surface area contributed by atoms with E-state index < -0.39 is 0 Å². The van der Waals surface area contributed by atoms with Crippen LogP contribution in [-0.4, -0.2) is 56.2 Å². The zero-order valence-electron chi connectivity index (χ0n) is 27.5. The van der Waals surface area contributed by atoms with Crippen LogP contribution in [0.15, 0.2) is 53.3 Å². The first kappa shape index (κ1) is 33.3. The predicted molar refractivity (Wildman–Crippen MR) is 182 cm³/mol. The van der Waals surface area contributed by atoms with E-state index in [0.717, 1.165) is 52.8 Å². The van der Waals surface area contributed by atoms with Crippen LogP contribution in [0, 0.1) is 0 Å². The second kappa shape index (κ2) is 15.5. The Balaban J connectivity index is 1.21. The van der Waals surface area contributed by atoms with E-state index in [-0.39, 0.29) is 23.3 Å². The third-order valence-electron chi connectivity index (χ3n) is 8.43. The number of hydrogen-bond acceptors (Lipinski definition) is 8. The highest BCUT2D eigenvalue weighted by Gasteiger charge is 2.29. The number of aromatic amines is 1. The summed E-state index contributed by atoms with van der Waals surface area (Å²) in [5.41, 5.74) is 5.49. The molecule has 0 spiro atoms. The maximum absolute atomic E-state index is 13.5. The zero-order chi connectivity index (χ0) is 33.3. The Bertz CT molecular complexity index is 1770. The van der Waals surface area contributed by atoms with Crippen molar-refractivity contribution in [3.63, 3.8) is 0 Å². The molecule has 1 aliphatic rings. The summed E-state index contributed by atoms with van der Waals surface area (Å²) in [4.78, 5) is 45.8. The molecular formula is C36H43N5O6. The van der Waals surface area contributed by atoms with E-state index in [4.69, 9.17) is 14.2 Å². The summed E-state index contributed by atoms with van der Waals surface area (Å²) in [5.74, 6) is 2.23. The fourth-order valence-electron chi connectivity index (χ4n) is 6.20. The number of H-pyrrole nitrogens is 1. The summed E-state index contributed by atoms with van der Waals surface area (Å²) in [6.07, 6.45) is 4.70. The maximum Gasteiger partial charge on any atom is 0.220 e. The maximum atomic E-state index is 13.5. The van der Waals surface area contributed by atoms with Crippen molar-refractivity contribution >= 4 is 28.5 Å². The molecule has 1 aromatic heterocycles. The topological polar surface area (TPSA) is 144 Å². The van der Waals surface area contributed by atoms with Gasteiger partial charge in [0.05, 0.1) is 44.1 Å². The fraction of sp³-hybridized carbons (Fsp3) is 0.389. The number of carbonyl (C=O) groups is 2. The number of methoxy groups -OCH3 is 3. The van der Waals surface area contributed by atoms with Gasteiger partial charge >= 0.3 is 0 Å². The Labute approximate surface area is 274 Å². The molecule has 248 valence electrons. The van der Waals surface area contributed by atoms with Crippen molar-refractivity contribution in [1.82, 2.24) is 20.6 Å². The molecule has 3 aromatic carbocycles. The number of rotatable bonds is 14. The first-order valence-corrected chi connectivity index (χ1v) is 16.0. The summed E-state index contributed by atoms with van der Waals surface area (Å²) < 4.78 is 17.1. The molecule has 47 heavy (non-hydrogen) atoms. The van der Waals surface area contributed by atoms with Crippen LogP contribution < -0.4 is 35.6 Å². The SMILES string of the molecule is COc1cc2c(c(OC)c1OC)-c1ccc(NCCCCCC(=O)NCCc3nc4ccccc4[nH]3)c(=O)cc1C(NC(C)=O)CC2. The number of nitrogens with one attached hydrogen (secondary N) is 4. The van der Waals surface area contributed by atoms with E-state index in [1.165, 1.54) is 6.92 Å². The minimum Gasteiger partial charge on any atom is -0.493 e. The highest BCUT2D eigenvalue weighted by Crippen LogP contribution is 2.50. The normalized spacial score (nSPS) is 13.6. The second-order valence-corrected chi connectivity index (χ2v) is 11.6. The van der Waals surface area contributed by atoms with Crippen LogP contribution in [0.25, 0.3) is 22.2 Å². The Kier molecular flexibility index (Phi) is 11.0. The number of ether oxygens (including phenoxy) is 3. The van der Waals surface area contributed by atoms with Crippen LogP contribution in [0.5, 0.6) is 17.2 Å². The third kappa shape index (κ3) is 7.85. The lowest BCUT2D eigenvalue weighted by molar-refractivity contribution is -0.121. The number of amides is 2. The van der Waals surface area contributed by atoms with Crippen LogP contribution in [0.2, 0.25) is 0 Å². The second-order valence-electron chi connectivity index (χ2n) is 11.6.